The highest BCUT2D eigenvalue weighted by atomic mass is 19.1. The van der Waals surface area contributed by atoms with Crippen molar-refractivity contribution in [3.63, 3.8) is 0 Å². The summed E-state index contributed by atoms with van der Waals surface area (Å²) in [6.45, 7) is 1.40. The molecule has 4 nitrogen and oxygen atoms in total. The monoisotopic (exact) mass is 255 g/mol. The van der Waals surface area contributed by atoms with Crippen LogP contribution in [0.25, 0.3) is 0 Å². The van der Waals surface area contributed by atoms with E-state index in [0.29, 0.717) is 6.08 Å². The molecule has 0 saturated carbocycles. The molecule has 18 heavy (non-hydrogen) atoms. The summed E-state index contributed by atoms with van der Waals surface area (Å²) < 4.78 is 26.7. The molecular formula is C12H11F2NO3. The van der Waals surface area contributed by atoms with Gasteiger partial charge in [-0.1, -0.05) is 6.07 Å². The fraction of sp³-hybridized carbons (Fsp3) is 0.167. The molecule has 0 aromatic heterocycles. The molecular weight excluding hydrogens is 244 g/mol. The van der Waals surface area contributed by atoms with Crippen LogP contribution in [0, 0.1) is 11.6 Å². The first-order valence-electron chi connectivity index (χ1n) is 5.07. The fourth-order valence-corrected chi connectivity index (χ4v) is 1.41. The summed E-state index contributed by atoms with van der Waals surface area (Å²) in [7, 11) is 0. The number of amides is 1. The van der Waals surface area contributed by atoms with Crippen LogP contribution in [-0.4, -0.2) is 17.0 Å². The van der Waals surface area contributed by atoms with Crippen molar-refractivity contribution in [3.05, 3.63) is 47.5 Å². The Morgan fingerprint density at radius 1 is 1.28 bits per heavy atom. The van der Waals surface area contributed by atoms with Crippen molar-refractivity contribution in [2.75, 3.05) is 0 Å². The number of carbonyl (C=O) groups is 2. The Morgan fingerprint density at radius 3 is 2.33 bits per heavy atom. The highest BCUT2D eigenvalue weighted by Crippen LogP contribution is 2.19. The lowest BCUT2D eigenvalue weighted by Gasteiger charge is -2.14. The first-order valence-corrected chi connectivity index (χ1v) is 5.07. The summed E-state index contributed by atoms with van der Waals surface area (Å²) in [5.74, 6) is -3.57. The van der Waals surface area contributed by atoms with Gasteiger partial charge in [-0.15, -0.1) is 0 Å². The Bertz CT molecular complexity index is 480. The van der Waals surface area contributed by atoms with Crippen LogP contribution >= 0.6 is 0 Å². The van der Waals surface area contributed by atoms with E-state index >= 15 is 0 Å². The number of carboxylic acids is 1. The molecule has 96 valence electrons. The lowest BCUT2D eigenvalue weighted by molar-refractivity contribution is -0.131. The zero-order valence-electron chi connectivity index (χ0n) is 9.48. The predicted octanol–water partition coefficient (Wildman–Crippen LogP) is 1.78. The van der Waals surface area contributed by atoms with Crippen LogP contribution in [-0.2, 0) is 9.59 Å². The van der Waals surface area contributed by atoms with Crippen LogP contribution in [0.3, 0.4) is 0 Å². The lowest BCUT2D eigenvalue weighted by Crippen LogP contribution is -2.26. The smallest absolute Gasteiger partial charge is 0.328 e. The van der Waals surface area contributed by atoms with Crippen LogP contribution < -0.4 is 5.32 Å². The summed E-state index contributed by atoms with van der Waals surface area (Å²) in [6.07, 6.45) is 1.41. The molecule has 0 aliphatic heterocycles. The Hall–Kier alpha value is -2.24. The van der Waals surface area contributed by atoms with Crippen molar-refractivity contribution in [2.24, 2.45) is 0 Å². The molecule has 0 saturated heterocycles. The predicted molar refractivity (Wildman–Crippen MR) is 59.7 cm³/mol. The third kappa shape index (κ3) is 3.65. The molecule has 1 aromatic carbocycles. The van der Waals surface area contributed by atoms with Gasteiger partial charge < -0.3 is 10.4 Å². The first-order chi connectivity index (χ1) is 8.41. The van der Waals surface area contributed by atoms with E-state index in [4.69, 9.17) is 5.11 Å². The fourth-order valence-electron chi connectivity index (χ4n) is 1.41. The average Bonchev–Trinajstić information content (AvgIpc) is 2.26. The van der Waals surface area contributed by atoms with Crippen LogP contribution in [0.5, 0.6) is 0 Å². The number of hydrogen-bond acceptors (Lipinski definition) is 2. The number of hydrogen-bond donors (Lipinski definition) is 2. The van der Waals surface area contributed by atoms with Gasteiger partial charge in [0.25, 0.3) is 0 Å². The van der Waals surface area contributed by atoms with E-state index in [1.54, 1.807) is 0 Å². The number of carboxylic acid groups (broad SMARTS) is 1. The highest BCUT2D eigenvalue weighted by Gasteiger charge is 2.16. The van der Waals surface area contributed by atoms with Crippen molar-refractivity contribution in [1.82, 2.24) is 5.32 Å². The van der Waals surface area contributed by atoms with Crippen molar-refractivity contribution in [2.45, 2.75) is 13.0 Å². The van der Waals surface area contributed by atoms with Crippen molar-refractivity contribution < 1.29 is 23.5 Å². The second kappa shape index (κ2) is 5.90. The molecule has 6 heteroatoms. The normalized spacial score (nSPS) is 12.4. The van der Waals surface area contributed by atoms with E-state index in [0.717, 1.165) is 18.2 Å². The minimum Gasteiger partial charge on any atom is -0.478 e. The molecule has 0 aliphatic rings. The van der Waals surface area contributed by atoms with Gasteiger partial charge in [0.2, 0.25) is 5.91 Å². The number of nitrogens with one attached hydrogen (secondary N) is 1. The number of rotatable bonds is 4. The van der Waals surface area contributed by atoms with Crippen molar-refractivity contribution >= 4 is 11.9 Å². The summed E-state index contributed by atoms with van der Waals surface area (Å²) in [5.41, 5.74) is -0.269. The molecule has 0 bridgehead atoms. The van der Waals surface area contributed by atoms with E-state index in [2.05, 4.69) is 5.32 Å². The topological polar surface area (TPSA) is 66.4 Å². The minimum atomic E-state index is -1.28. The minimum absolute atomic E-state index is 0.269. The van der Waals surface area contributed by atoms with Crippen LogP contribution in [0.2, 0.25) is 0 Å². The highest BCUT2D eigenvalue weighted by molar-refractivity contribution is 5.94. The van der Waals surface area contributed by atoms with Gasteiger partial charge in [-0.3, -0.25) is 4.79 Å². The maximum atomic E-state index is 13.4. The van der Waals surface area contributed by atoms with Crippen LogP contribution in [0.15, 0.2) is 30.4 Å². The van der Waals surface area contributed by atoms with Gasteiger partial charge in [-0.05, 0) is 19.1 Å². The molecule has 0 fully saturated rings. The van der Waals surface area contributed by atoms with E-state index in [1.165, 1.54) is 13.0 Å². The molecule has 1 unspecified atom stereocenters. The largest absolute Gasteiger partial charge is 0.478 e. The van der Waals surface area contributed by atoms with Crippen molar-refractivity contribution in [1.29, 1.82) is 0 Å². The summed E-state index contributed by atoms with van der Waals surface area (Å²) in [5, 5.41) is 10.6. The van der Waals surface area contributed by atoms with E-state index < -0.39 is 29.6 Å². The number of halogens is 2. The summed E-state index contributed by atoms with van der Waals surface area (Å²) >= 11 is 0. The van der Waals surface area contributed by atoms with Gasteiger partial charge in [0.1, 0.15) is 11.6 Å². The van der Waals surface area contributed by atoms with E-state index in [-0.39, 0.29) is 5.56 Å². The Kier molecular flexibility index (Phi) is 4.53. The average molecular weight is 255 g/mol. The molecule has 0 spiro atoms. The van der Waals surface area contributed by atoms with E-state index in [9.17, 15) is 18.4 Å². The first kappa shape index (κ1) is 13.8. The SMILES string of the molecule is CC(NC(=O)/C=C/C(=O)O)c1c(F)cccc1F. The second-order valence-electron chi connectivity index (χ2n) is 3.54. The van der Waals surface area contributed by atoms with Gasteiger partial charge in [0.05, 0.1) is 6.04 Å². The van der Waals surface area contributed by atoms with E-state index in [1.807, 2.05) is 0 Å². The Labute approximate surface area is 102 Å². The van der Waals surface area contributed by atoms with Crippen LogP contribution in [0.4, 0.5) is 8.78 Å². The van der Waals surface area contributed by atoms with Crippen molar-refractivity contribution in [3.8, 4) is 0 Å². The third-order valence-corrected chi connectivity index (χ3v) is 2.17. The van der Waals surface area contributed by atoms with Gasteiger partial charge >= 0.3 is 5.97 Å². The molecule has 0 aliphatic carbocycles. The van der Waals surface area contributed by atoms with Gasteiger partial charge in [0, 0.05) is 17.7 Å². The maximum Gasteiger partial charge on any atom is 0.328 e. The zero-order valence-corrected chi connectivity index (χ0v) is 9.48. The summed E-state index contributed by atoms with van der Waals surface area (Å²) in [4.78, 5) is 21.4. The molecule has 1 aromatic rings. The van der Waals surface area contributed by atoms with Gasteiger partial charge in [0.15, 0.2) is 0 Å². The molecule has 2 N–H and O–H groups in total. The molecule has 1 amide bonds. The molecule has 0 radical (unpaired) electrons. The second-order valence-corrected chi connectivity index (χ2v) is 3.54. The van der Waals surface area contributed by atoms with Gasteiger partial charge in [-0.2, -0.15) is 0 Å². The van der Waals surface area contributed by atoms with Gasteiger partial charge in [-0.25, -0.2) is 13.6 Å². The standard InChI is InChI=1S/C12H11F2NO3/c1-7(15-10(16)5-6-11(17)18)12-8(13)3-2-4-9(12)14/h2-7H,1H3,(H,15,16)(H,17,18)/b6-5+. The summed E-state index contributed by atoms with van der Waals surface area (Å²) in [6, 6.07) is 2.46. The molecule has 1 atom stereocenters. The third-order valence-electron chi connectivity index (χ3n) is 2.17. The molecule has 0 heterocycles. The Balaban J connectivity index is 2.80. The quantitative estimate of drug-likeness (QED) is 0.806. The molecule has 1 rings (SSSR count). The zero-order chi connectivity index (χ0) is 13.7. The maximum absolute atomic E-state index is 13.4. The number of benzene rings is 1. The Morgan fingerprint density at radius 2 is 1.83 bits per heavy atom. The van der Waals surface area contributed by atoms with Crippen LogP contribution in [0.1, 0.15) is 18.5 Å². The number of aliphatic carboxylic acids is 1. The number of carbonyl (C=O) groups excluding carboxylic acids is 1. The lowest BCUT2D eigenvalue weighted by atomic mass is 10.1.